The summed E-state index contributed by atoms with van der Waals surface area (Å²) in [6, 6.07) is 5.73. The van der Waals surface area contributed by atoms with Crippen LogP contribution in [-0.4, -0.2) is 23.0 Å². The Kier molecular flexibility index (Phi) is 7.09. The third kappa shape index (κ3) is 5.21. The number of rotatable bonds is 8. The molecule has 0 aliphatic heterocycles. The molecule has 5 heteroatoms. The van der Waals surface area contributed by atoms with E-state index in [4.69, 9.17) is 16.7 Å². The number of hydrogen-bond donors (Lipinski definition) is 2. The first kappa shape index (κ1) is 16.5. The van der Waals surface area contributed by atoms with E-state index in [1.165, 1.54) is 0 Å². The van der Waals surface area contributed by atoms with Gasteiger partial charge in [-0.05, 0) is 18.6 Å². The van der Waals surface area contributed by atoms with Gasteiger partial charge in [-0.3, -0.25) is 4.79 Å². The first-order valence-corrected chi connectivity index (χ1v) is 7.22. The maximum Gasteiger partial charge on any atom is 0.326 e. The van der Waals surface area contributed by atoms with Gasteiger partial charge in [0.05, 0.1) is 10.6 Å². The molecule has 0 unspecified atom stereocenters. The van der Waals surface area contributed by atoms with Crippen molar-refractivity contribution in [3.63, 3.8) is 0 Å². The van der Waals surface area contributed by atoms with Gasteiger partial charge in [0.25, 0.3) is 5.91 Å². The molecule has 110 valence electrons. The molecule has 0 radical (unpaired) electrons. The summed E-state index contributed by atoms with van der Waals surface area (Å²) in [6.45, 7) is 2.09. The second kappa shape index (κ2) is 8.59. The summed E-state index contributed by atoms with van der Waals surface area (Å²) >= 11 is 5.92. The minimum atomic E-state index is -1.01. The van der Waals surface area contributed by atoms with Gasteiger partial charge in [0, 0.05) is 0 Å². The van der Waals surface area contributed by atoms with E-state index < -0.39 is 17.9 Å². The topological polar surface area (TPSA) is 66.4 Å². The molecule has 2 N–H and O–H groups in total. The zero-order chi connectivity index (χ0) is 15.0. The summed E-state index contributed by atoms with van der Waals surface area (Å²) in [5.74, 6) is -1.46. The van der Waals surface area contributed by atoms with Gasteiger partial charge < -0.3 is 10.4 Å². The monoisotopic (exact) mass is 297 g/mol. The summed E-state index contributed by atoms with van der Waals surface area (Å²) < 4.78 is 0. The number of nitrogens with one attached hydrogen (secondary N) is 1. The van der Waals surface area contributed by atoms with Crippen LogP contribution in [0.3, 0.4) is 0 Å². The van der Waals surface area contributed by atoms with E-state index in [1.54, 1.807) is 24.3 Å². The normalized spacial score (nSPS) is 11.9. The quantitative estimate of drug-likeness (QED) is 0.722. The number of carboxylic acid groups (broad SMARTS) is 1. The van der Waals surface area contributed by atoms with Gasteiger partial charge in [0.2, 0.25) is 0 Å². The van der Waals surface area contributed by atoms with E-state index in [-0.39, 0.29) is 0 Å². The van der Waals surface area contributed by atoms with E-state index in [9.17, 15) is 9.59 Å². The van der Waals surface area contributed by atoms with E-state index in [1.807, 2.05) is 0 Å². The average molecular weight is 298 g/mol. The van der Waals surface area contributed by atoms with Gasteiger partial charge in [0.15, 0.2) is 0 Å². The maximum atomic E-state index is 12.0. The van der Waals surface area contributed by atoms with Crippen LogP contribution in [-0.2, 0) is 4.79 Å². The van der Waals surface area contributed by atoms with Crippen molar-refractivity contribution in [2.75, 3.05) is 0 Å². The van der Waals surface area contributed by atoms with Gasteiger partial charge in [-0.15, -0.1) is 0 Å². The number of aliphatic carboxylic acids is 1. The van der Waals surface area contributed by atoms with E-state index >= 15 is 0 Å². The lowest BCUT2D eigenvalue weighted by atomic mass is 10.1. The number of carboxylic acids is 1. The molecule has 0 fully saturated rings. The lowest BCUT2D eigenvalue weighted by Gasteiger charge is -2.15. The molecule has 0 aliphatic carbocycles. The number of halogens is 1. The van der Waals surface area contributed by atoms with Crippen molar-refractivity contribution in [3.05, 3.63) is 34.9 Å². The standard InChI is InChI=1S/C15H20ClNO3/c1-2-3-4-5-10-13(15(19)20)17-14(18)11-8-6-7-9-12(11)16/h6-9,13H,2-5,10H2,1H3,(H,17,18)(H,19,20)/t13-/m1/s1. The number of hydrogen-bond acceptors (Lipinski definition) is 2. The Labute approximate surface area is 124 Å². The summed E-state index contributed by atoms with van der Waals surface area (Å²) in [6.07, 6.45) is 4.36. The maximum absolute atomic E-state index is 12.0. The molecular formula is C15H20ClNO3. The predicted molar refractivity (Wildman–Crippen MR) is 79.1 cm³/mol. The molecule has 1 aromatic carbocycles. The largest absolute Gasteiger partial charge is 0.480 e. The van der Waals surface area contributed by atoms with Crippen molar-refractivity contribution < 1.29 is 14.7 Å². The molecule has 0 aliphatic rings. The Balaban J connectivity index is 2.59. The zero-order valence-electron chi connectivity index (χ0n) is 11.6. The highest BCUT2D eigenvalue weighted by Crippen LogP contribution is 2.15. The highest BCUT2D eigenvalue weighted by atomic mass is 35.5. The van der Waals surface area contributed by atoms with Gasteiger partial charge in [-0.25, -0.2) is 4.79 Å². The number of carbonyl (C=O) groups excluding carboxylic acids is 1. The Hall–Kier alpha value is -1.55. The Morgan fingerprint density at radius 2 is 1.95 bits per heavy atom. The molecule has 20 heavy (non-hydrogen) atoms. The second-order valence-corrected chi connectivity index (χ2v) is 5.10. The van der Waals surface area contributed by atoms with Crippen LogP contribution in [0, 0.1) is 0 Å². The first-order chi connectivity index (χ1) is 9.56. The van der Waals surface area contributed by atoms with Gasteiger partial charge in [-0.2, -0.15) is 0 Å². The smallest absolute Gasteiger partial charge is 0.326 e. The Morgan fingerprint density at radius 1 is 1.25 bits per heavy atom. The number of amides is 1. The molecule has 0 aromatic heterocycles. The van der Waals surface area contributed by atoms with Crippen LogP contribution >= 0.6 is 11.6 Å². The van der Waals surface area contributed by atoms with E-state index in [0.29, 0.717) is 17.0 Å². The lowest BCUT2D eigenvalue weighted by Crippen LogP contribution is -2.40. The van der Waals surface area contributed by atoms with Crippen molar-refractivity contribution in [3.8, 4) is 0 Å². The van der Waals surface area contributed by atoms with Crippen LogP contribution < -0.4 is 5.32 Å². The van der Waals surface area contributed by atoms with Crippen molar-refractivity contribution in [2.24, 2.45) is 0 Å². The molecule has 0 bridgehead atoms. The summed E-state index contributed by atoms with van der Waals surface area (Å²) in [5, 5.41) is 12.0. The zero-order valence-corrected chi connectivity index (χ0v) is 12.3. The summed E-state index contributed by atoms with van der Waals surface area (Å²) in [4.78, 5) is 23.2. The fourth-order valence-corrected chi connectivity index (χ4v) is 2.14. The SMILES string of the molecule is CCCCCC[C@@H](NC(=O)c1ccccc1Cl)C(=O)O. The predicted octanol–water partition coefficient (Wildman–Crippen LogP) is 3.49. The molecule has 0 saturated heterocycles. The Morgan fingerprint density at radius 3 is 2.55 bits per heavy atom. The van der Waals surface area contributed by atoms with Crippen LogP contribution in [0.1, 0.15) is 49.4 Å². The minimum absolute atomic E-state index is 0.300. The summed E-state index contributed by atoms with van der Waals surface area (Å²) in [5.41, 5.74) is 0.300. The fourth-order valence-electron chi connectivity index (χ4n) is 1.91. The summed E-state index contributed by atoms with van der Waals surface area (Å²) in [7, 11) is 0. The number of benzene rings is 1. The van der Waals surface area contributed by atoms with Crippen LogP contribution in [0.15, 0.2) is 24.3 Å². The molecule has 1 aromatic rings. The highest BCUT2D eigenvalue weighted by Gasteiger charge is 2.21. The first-order valence-electron chi connectivity index (χ1n) is 6.84. The molecule has 0 heterocycles. The Bertz CT molecular complexity index is 462. The highest BCUT2D eigenvalue weighted by molar-refractivity contribution is 6.33. The number of unbranched alkanes of at least 4 members (excludes halogenated alkanes) is 3. The minimum Gasteiger partial charge on any atom is -0.480 e. The molecule has 0 spiro atoms. The van der Waals surface area contributed by atoms with Crippen LogP contribution in [0.2, 0.25) is 5.02 Å². The fraction of sp³-hybridized carbons (Fsp3) is 0.467. The molecule has 1 rings (SSSR count). The van der Waals surface area contributed by atoms with Crippen LogP contribution in [0.5, 0.6) is 0 Å². The van der Waals surface area contributed by atoms with Crippen molar-refractivity contribution >= 4 is 23.5 Å². The molecule has 4 nitrogen and oxygen atoms in total. The van der Waals surface area contributed by atoms with Crippen molar-refractivity contribution in [1.82, 2.24) is 5.32 Å². The van der Waals surface area contributed by atoms with Gasteiger partial charge >= 0.3 is 5.97 Å². The van der Waals surface area contributed by atoms with Crippen molar-refractivity contribution in [2.45, 2.75) is 45.1 Å². The van der Waals surface area contributed by atoms with Gasteiger partial charge in [0.1, 0.15) is 6.04 Å². The lowest BCUT2D eigenvalue weighted by molar-refractivity contribution is -0.139. The average Bonchev–Trinajstić information content (AvgIpc) is 2.42. The van der Waals surface area contributed by atoms with Crippen molar-refractivity contribution in [1.29, 1.82) is 0 Å². The van der Waals surface area contributed by atoms with Gasteiger partial charge in [-0.1, -0.05) is 56.3 Å². The van der Waals surface area contributed by atoms with E-state index in [0.717, 1.165) is 25.7 Å². The van der Waals surface area contributed by atoms with E-state index in [2.05, 4.69) is 12.2 Å². The molecule has 1 amide bonds. The molecular weight excluding hydrogens is 278 g/mol. The number of carbonyl (C=O) groups is 2. The molecule has 0 saturated carbocycles. The third-order valence-electron chi connectivity index (χ3n) is 3.07. The van der Waals surface area contributed by atoms with Crippen LogP contribution in [0.25, 0.3) is 0 Å². The third-order valence-corrected chi connectivity index (χ3v) is 3.40. The molecule has 1 atom stereocenters. The second-order valence-electron chi connectivity index (χ2n) is 4.69. The van der Waals surface area contributed by atoms with Crippen LogP contribution in [0.4, 0.5) is 0 Å².